The second-order valence-electron chi connectivity index (χ2n) is 6.72. The fourth-order valence-corrected chi connectivity index (χ4v) is 3.10. The van der Waals surface area contributed by atoms with E-state index in [4.69, 9.17) is 5.73 Å². The van der Waals surface area contributed by atoms with Gasteiger partial charge in [-0.3, -0.25) is 0 Å². The van der Waals surface area contributed by atoms with Gasteiger partial charge in [-0.15, -0.1) is 0 Å². The summed E-state index contributed by atoms with van der Waals surface area (Å²) in [5.41, 5.74) is 10.3. The van der Waals surface area contributed by atoms with Crippen LogP contribution in [0.3, 0.4) is 0 Å². The van der Waals surface area contributed by atoms with Crippen molar-refractivity contribution in [3.63, 3.8) is 0 Å². The van der Waals surface area contributed by atoms with E-state index in [-0.39, 0.29) is 6.04 Å². The van der Waals surface area contributed by atoms with E-state index in [0.29, 0.717) is 0 Å². The minimum Gasteiger partial charge on any atom is -0.371 e. The minimum atomic E-state index is 0.289. The molecular formula is C18H30N2. The maximum atomic E-state index is 6.08. The molecular weight excluding hydrogens is 244 g/mol. The van der Waals surface area contributed by atoms with Crippen LogP contribution in [0.25, 0.3) is 0 Å². The van der Waals surface area contributed by atoms with Crippen LogP contribution in [0, 0.1) is 18.8 Å². The van der Waals surface area contributed by atoms with Crippen LogP contribution in [0.4, 0.5) is 5.69 Å². The summed E-state index contributed by atoms with van der Waals surface area (Å²) in [5, 5.41) is 0. The van der Waals surface area contributed by atoms with Crippen molar-refractivity contribution in [2.45, 2.75) is 53.0 Å². The number of benzene rings is 1. The average molecular weight is 274 g/mol. The van der Waals surface area contributed by atoms with E-state index in [0.717, 1.165) is 24.7 Å². The molecule has 0 amide bonds. The molecule has 1 aromatic rings. The van der Waals surface area contributed by atoms with Crippen LogP contribution >= 0.6 is 0 Å². The Balaban J connectivity index is 2.06. The van der Waals surface area contributed by atoms with Crippen molar-refractivity contribution in [3.05, 3.63) is 29.3 Å². The highest BCUT2D eigenvalue weighted by molar-refractivity contribution is 5.51. The second kappa shape index (κ2) is 6.62. The van der Waals surface area contributed by atoms with Crippen molar-refractivity contribution in [1.82, 2.24) is 0 Å². The zero-order valence-corrected chi connectivity index (χ0v) is 13.5. The predicted molar refractivity (Wildman–Crippen MR) is 88.3 cm³/mol. The normalized spacial score (nSPS) is 20.7. The molecule has 2 rings (SSSR count). The SMILES string of the molecule is CCC(N)Cc1ccc(N2CCC(C(C)C)C2)cc1C. The molecule has 1 aliphatic heterocycles. The van der Waals surface area contributed by atoms with Crippen LogP contribution in [-0.4, -0.2) is 19.1 Å². The van der Waals surface area contributed by atoms with Crippen LogP contribution in [0.5, 0.6) is 0 Å². The largest absolute Gasteiger partial charge is 0.371 e. The monoisotopic (exact) mass is 274 g/mol. The smallest absolute Gasteiger partial charge is 0.0369 e. The van der Waals surface area contributed by atoms with Crippen LogP contribution in [0.15, 0.2) is 18.2 Å². The molecule has 1 aromatic carbocycles. The summed E-state index contributed by atoms with van der Waals surface area (Å²) in [4.78, 5) is 2.54. The summed E-state index contributed by atoms with van der Waals surface area (Å²) in [7, 11) is 0. The molecule has 1 saturated heterocycles. The van der Waals surface area contributed by atoms with Crippen molar-refractivity contribution in [2.24, 2.45) is 17.6 Å². The summed E-state index contributed by atoms with van der Waals surface area (Å²) >= 11 is 0. The Kier molecular flexibility index (Phi) is 5.09. The first kappa shape index (κ1) is 15.4. The van der Waals surface area contributed by atoms with Crippen molar-refractivity contribution < 1.29 is 0 Å². The molecule has 112 valence electrons. The lowest BCUT2D eigenvalue weighted by atomic mass is 9.95. The van der Waals surface area contributed by atoms with E-state index in [1.54, 1.807) is 0 Å². The van der Waals surface area contributed by atoms with E-state index in [1.807, 2.05) is 0 Å². The van der Waals surface area contributed by atoms with Crippen molar-refractivity contribution in [3.8, 4) is 0 Å². The van der Waals surface area contributed by atoms with E-state index >= 15 is 0 Å². The lowest BCUT2D eigenvalue weighted by Crippen LogP contribution is -2.23. The van der Waals surface area contributed by atoms with Gasteiger partial charge in [-0.2, -0.15) is 0 Å². The molecule has 0 saturated carbocycles. The Morgan fingerprint density at radius 1 is 1.35 bits per heavy atom. The van der Waals surface area contributed by atoms with Crippen LogP contribution in [0.2, 0.25) is 0 Å². The Morgan fingerprint density at radius 3 is 2.65 bits per heavy atom. The van der Waals surface area contributed by atoms with Crippen molar-refractivity contribution in [1.29, 1.82) is 0 Å². The fourth-order valence-electron chi connectivity index (χ4n) is 3.10. The van der Waals surface area contributed by atoms with Gasteiger partial charge >= 0.3 is 0 Å². The van der Waals surface area contributed by atoms with Gasteiger partial charge in [0.2, 0.25) is 0 Å². The second-order valence-corrected chi connectivity index (χ2v) is 6.72. The first-order chi connectivity index (χ1) is 9.51. The molecule has 20 heavy (non-hydrogen) atoms. The molecule has 2 nitrogen and oxygen atoms in total. The van der Waals surface area contributed by atoms with Gasteiger partial charge in [0.05, 0.1) is 0 Å². The highest BCUT2D eigenvalue weighted by atomic mass is 15.1. The van der Waals surface area contributed by atoms with Gasteiger partial charge in [0, 0.05) is 24.8 Å². The fraction of sp³-hybridized carbons (Fsp3) is 0.667. The quantitative estimate of drug-likeness (QED) is 0.886. The molecule has 0 bridgehead atoms. The molecule has 0 spiro atoms. The number of nitrogens with zero attached hydrogens (tertiary/aromatic N) is 1. The van der Waals surface area contributed by atoms with Crippen molar-refractivity contribution in [2.75, 3.05) is 18.0 Å². The molecule has 1 aliphatic rings. The Morgan fingerprint density at radius 2 is 2.10 bits per heavy atom. The standard InChI is InChI=1S/C18H30N2/c1-5-17(19)11-15-6-7-18(10-14(15)4)20-9-8-16(12-20)13(2)3/h6-7,10,13,16-17H,5,8-9,11-12,19H2,1-4H3. The summed E-state index contributed by atoms with van der Waals surface area (Å²) in [6.07, 6.45) is 3.37. The van der Waals surface area contributed by atoms with Gasteiger partial charge in [-0.25, -0.2) is 0 Å². The summed E-state index contributed by atoms with van der Waals surface area (Å²) in [6, 6.07) is 7.20. The minimum absolute atomic E-state index is 0.289. The van der Waals surface area contributed by atoms with Gasteiger partial charge in [0.25, 0.3) is 0 Å². The van der Waals surface area contributed by atoms with E-state index in [1.165, 1.54) is 36.3 Å². The van der Waals surface area contributed by atoms with Gasteiger partial charge in [-0.1, -0.05) is 26.8 Å². The first-order valence-electron chi connectivity index (χ1n) is 8.11. The Labute approximate surface area is 124 Å². The zero-order valence-electron chi connectivity index (χ0n) is 13.5. The maximum Gasteiger partial charge on any atom is 0.0369 e. The summed E-state index contributed by atoms with van der Waals surface area (Å²) in [5.74, 6) is 1.64. The highest BCUT2D eigenvalue weighted by Crippen LogP contribution is 2.29. The molecule has 0 radical (unpaired) electrons. The molecule has 0 aliphatic carbocycles. The number of aryl methyl sites for hydroxylation is 1. The molecule has 2 heteroatoms. The van der Waals surface area contributed by atoms with Gasteiger partial charge in [0.1, 0.15) is 0 Å². The number of hydrogen-bond acceptors (Lipinski definition) is 2. The topological polar surface area (TPSA) is 29.3 Å². The van der Waals surface area contributed by atoms with E-state index < -0.39 is 0 Å². The highest BCUT2D eigenvalue weighted by Gasteiger charge is 2.25. The van der Waals surface area contributed by atoms with E-state index in [2.05, 4.69) is 50.8 Å². The molecule has 2 N–H and O–H groups in total. The zero-order chi connectivity index (χ0) is 14.7. The first-order valence-corrected chi connectivity index (χ1v) is 8.11. The lowest BCUT2D eigenvalue weighted by molar-refractivity contribution is 0.423. The molecule has 2 atom stereocenters. The van der Waals surface area contributed by atoms with Crippen LogP contribution in [0.1, 0.15) is 44.7 Å². The van der Waals surface area contributed by atoms with Gasteiger partial charge in [0.15, 0.2) is 0 Å². The predicted octanol–water partition coefficient (Wildman–Crippen LogP) is 3.76. The number of anilines is 1. The third-order valence-corrected chi connectivity index (χ3v) is 4.87. The van der Waals surface area contributed by atoms with E-state index in [9.17, 15) is 0 Å². The third kappa shape index (κ3) is 3.54. The van der Waals surface area contributed by atoms with Gasteiger partial charge < -0.3 is 10.6 Å². The lowest BCUT2D eigenvalue weighted by Gasteiger charge is -2.22. The van der Waals surface area contributed by atoms with Crippen molar-refractivity contribution >= 4 is 5.69 Å². The van der Waals surface area contributed by atoms with Crippen LogP contribution < -0.4 is 10.6 Å². The Bertz CT molecular complexity index is 439. The molecule has 1 fully saturated rings. The van der Waals surface area contributed by atoms with Gasteiger partial charge in [-0.05, 0) is 61.3 Å². The Hall–Kier alpha value is -1.02. The maximum absolute atomic E-state index is 6.08. The molecule has 1 heterocycles. The summed E-state index contributed by atoms with van der Waals surface area (Å²) < 4.78 is 0. The summed E-state index contributed by atoms with van der Waals surface area (Å²) in [6.45, 7) is 11.5. The number of rotatable bonds is 5. The number of nitrogens with two attached hydrogens (primary N) is 1. The van der Waals surface area contributed by atoms with Crippen LogP contribution in [-0.2, 0) is 6.42 Å². The average Bonchev–Trinajstić information content (AvgIpc) is 2.90. The molecule has 0 aromatic heterocycles. The molecule has 2 unspecified atom stereocenters. The third-order valence-electron chi connectivity index (χ3n) is 4.87. The number of hydrogen-bond donors (Lipinski definition) is 1.